The molecule has 3 amide bonds. The number of imide groups is 1. The lowest BCUT2D eigenvalue weighted by atomic mass is 10.2. The van der Waals surface area contributed by atoms with E-state index >= 15 is 0 Å². The first kappa shape index (κ1) is 11.8. The Morgan fingerprint density at radius 3 is 2.88 bits per heavy atom. The smallest absolute Gasteiger partial charge is 0.292 e. The zero-order chi connectivity index (χ0) is 12.4. The van der Waals surface area contributed by atoms with Crippen molar-refractivity contribution in [2.24, 2.45) is 0 Å². The number of hydrogen-bond acceptors (Lipinski definition) is 3. The molecule has 0 saturated carbocycles. The van der Waals surface area contributed by atoms with Crippen LogP contribution in [0.25, 0.3) is 0 Å². The standard InChI is InChI=1S/C10H9ClFN3O2/c11-4-8-7(12)3-6(5-13-8)15-2-1-9(16)14-10(15)17/h3,5H,1-2,4H2,(H,14,16,17). The molecule has 5 nitrogen and oxygen atoms in total. The van der Waals surface area contributed by atoms with Crippen LogP contribution < -0.4 is 10.2 Å². The number of carbonyl (C=O) groups excluding carboxylic acids is 2. The van der Waals surface area contributed by atoms with Gasteiger partial charge in [-0.25, -0.2) is 9.18 Å². The quantitative estimate of drug-likeness (QED) is 0.815. The lowest BCUT2D eigenvalue weighted by Crippen LogP contribution is -2.49. The second-order valence-corrected chi connectivity index (χ2v) is 3.78. The molecular formula is C10H9ClFN3O2. The number of hydrogen-bond donors (Lipinski definition) is 1. The van der Waals surface area contributed by atoms with Crippen molar-refractivity contribution in [2.75, 3.05) is 11.4 Å². The number of anilines is 1. The third kappa shape index (κ3) is 2.36. The molecule has 0 bridgehead atoms. The summed E-state index contributed by atoms with van der Waals surface area (Å²) in [7, 11) is 0. The van der Waals surface area contributed by atoms with Gasteiger partial charge in [0, 0.05) is 19.0 Å². The molecule has 1 fully saturated rings. The van der Waals surface area contributed by atoms with Crippen molar-refractivity contribution < 1.29 is 14.0 Å². The van der Waals surface area contributed by atoms with Crippen molar-refractivity contribution in [3.8, 4) is 0 Å². The number of nitrogens with zero attached hydrogens (tertiary/aromatic N) is 2. The highest BCUT2D eigenvalue weighted by molar-refractivity contribution is 6.16. The van der Waals surface area contributed by atoms with E-state index in [1.54, 1.807) is 0 Å². The number of amides is 3. The zero-order valence-corrected chi connectivity index (χ0v) is 9.50. The van der Waals surface area contributed by atoms with Crippen LogP contribution in [0.4, 0.5) is 14.9 Å². The fourth-order valence-corrected chi connectivity index (χ4v) is 1.71. The van der Waals surface area contributed by atoms with Crippen molar-refractivity contribution in [1.82, 2.24) is 10.3 Å². The van der Waals surface area contributed by atoms with Crippen LogP contribution in [0.3, 0.4) is 0 Å². The number of nitrogens with one attached hydrogen (secondary N) is 1. The topological polar surface area (TPSA) is 62.3 Å². The predicted octanol–water partition coefficient (Wildman–Crippen LogP) is 1.41. The average Bonchev–Trinajstić information content (AvgIpc) is 2.29. The van der Waals surface area contributed by atoms with Crippen LogP contribution in [0.2, 0.25) is 0 Å². The number of urea groups is 1. The van der Waals surface area contributed by atoms with Crippen molar-refractivity contribution in [2.45, 2.75) is 12.3 Å². The zero-order valence-electron chi connectivity index (χ0n) is 8.74. The molecule has 1 N–H and O–H groups in total. The van der Waals surface area contributed by atoms with Gasteiger partial charge in [-0.2, -0.15) is 0 Å². The minimum absolute atomic E-state index is 0.0310. The summed E-state index contributed by atoms with van der Waals surface area (Å²) in [6, 6.07) is 0.612. The summed E-state index contributed by atoms with van der Waals surface area (Å²) >= 11 is 5.48. The second kappa shape index (κ2) is 4.67. The van der Waals surface area contributed by atoms with Crippen LogP contribution in [-0.4, -0.2) is 23.5 Å². The molecule has 0 unspecified atom stereocenters. The lowest BCUT2D eigenvalue weighted by Gasteiger charge is -2.26. The third-order valence-corrected chi connectivity index (χ3v) is 2.65. The molecule has 0 aliphatic carbocycles. The highest BCUT2D eigenvalue weighted by Crippen LogP contribution is 2.19. The Labute approximate surface area is 102 Å². The molecule has 1 aromatic rings. The Morgan fingerprint density at radius 1 is 1.53 bits per heavy atom. The molecule has 0 spiro atoms. The van der Waals surface area contributed by atoms with E-state index in [1.807, 2.05) is 0 Å². The van der Waals surface area contributed by atoms with Crippen molar-refractivity contribution in [1.29, 1.82) is 0 Å². The monoisotopic (exact) mass is 257 g/mol. The maximum atomic E-state index is 13.4. The first-order chi connectivity index (χ1) is 8.11. The summed E-state index contributed by atoms with van der Waals surface area (Å²) in [4.78, 5) is 27.5. The minimum atomic E-state index is -0.568. The minimum Gasteiger partial charge on any atom is -0.292 e. The number of aromatic nitrogens is 1. The van der Waals surface area contributed by atoms with E-state index in [9.17, 15) is 14.0 Å². The summed E-state index contributed by atoms with van der Waals surface area (Å²) < 4.78 is 13.4. The van der Waals surface area contributed by atoms with Gasteiger partial charge < -0.3 is 0 Å². The van der Waals surface area contributed by atoms with E-state index in [4.69, 9.17) is 11.6 Å². The fraction of sp³-hybridized carbons (Fsp3) is 0.300. The van der Waals surface area contributed by atoms with Crippen molar-refractivity contribution in [3.05, 3.63) is 23.8 Å². The average molecular weight is 258 g/mol. The Hall–Kier alpha value is -1.69. The number of halogens is 2. The Balaban J connectivity index is 2.25. The molecule has 2 heterocycles. The van der Waals surface area contributed by atoms with Gasteiger partial charge in [0.2, 0.25) is 5.91 Å². The fourth-order valence-electron chi connectivity index (χ4n) is 1.51. The van der Waals surface area contributed by atoms with Gasteiger partial charge in [0.15, 0.2) is 0 Å². The van der Waals surface area contributed by atoms with Crippen molar-refractivity contribution in [3.63, 3.8) is 0 Å². The van der Waals surface area contributed by atoms with Crippen LogP contribution in [0.1, 0.15) is 12.1 Å². The Kier molecular flexibility index (Phi) is 3.23. The van der Waals surface area contributed by atoms with E-state index < -0.39 is 11.8 Å². The molecular weight excluding hydrogens is 249 g/mol. The van der Waals surface area contributed by atoms with Crippen LogP contribution >= 0.6 is 11.6 Å². The number of pyridine rings is 1. The highest BCUT2D eigenvalue weighted by Gasteiger charge is 2.24. The van der Waals surface area contributed by atoms with E-state index in [1.165, 1.54) is 17.2 Å². The predicted molar refractivity (Wildman–Crippen MR) is 59.3 cm³/mol. The van der Waals surface area contributed by atoms with Gasteiger partial charge in [0.25, 0.3) is 0 Å². The Bertz CT molecular complexity index is 481. The van der Waals surface area contributed by atoms with E-state index in [0.29, 0.717) is 5.69 Å². The molecule has 1 aromatic heterocycles. The normalized spacial score (nSPS) is 16.0. The molecule has 1 aliphatic rings. The van der Waals surface area contributed by atoms with Gasteiger partial charge in [-0.1, -0.05) is 0 Å². The molecule has 2 rings (SSSR count). The highest BCUT2D eigenvalue weighted by atomic mass is 35.5. The molecule has 0 atom stereocenters. The summed E-state index contributed by atoms with van der Waals surface area (Å²) in [5.74, 6) is -0.934. The van der Waals surface area contributed by atoms with Crippen molar-refractivity contribution >= 4 is 29.2 Å². The summed E-state index contributed by atoms with van der Waals surface area (Å²) in [5.41, 5.74) is 0.435. The molecule has 1 saturated heterocycles. The maximum Gasteiger partial charge on any atom is 0.328 e. The molecule has 1 aliphatic heterocycles. The number of carbonyl (C=O) groups is 2. The largest absolute Gasteiger partial charge is 0.328 e. The SMILES string of the molecule is O=C1CCN(c2cnc(CCl)c(F)c2)C(=O)N1. The van der Waals surface area contributed by atoms with E-state index in [0.717, 1.165) is 0 Å². The first-order valence-electron chi connectivity index (χ1n) is 4.93. The number of rotatable bonds is 2. The van der Waals surface area contributed by atoms with Crippen LogP contribution in [0.5, 0.6) is 0 Å². The van der Waals surface area contributed by atoms with Gasteiger partial charge in [-0.05, 0) is 0 Å². The second-order valence-electron chi connectivity index (χ2n) is 3.51. The maximum absolute atomic E-state index is 13.4. The summed E-state index contributed by atoms with van der Waals surface area (Å²) in [6.07, 6.45) is 1.54. The lowest BCUT2D eigenvalue weighted by molar-refractivity contribution is -0.120. The summed E-state index contributed by atoms with van der Waals surface area (Å²) in [6.45, 7) is 0.214. The first-order valence-corrected chi connectivity index (χ1v) is 5.47. The molecule has 7 heteroatoms. The van der Waals surface area contributed by atoms with Gasteiger partial charge in [0.1, 0.15) is 5.82 Å². The van der Waals surface area contributed by atoms with Crippen LogP contribution in [0.15, 0.2) is 12.3 Å². The van der Waals surface area contributed by atoms with E-state index in [-0.39, 0.29) is 30.4 Å². The van der Waals surface area contributed by atoms with Gasteiger partial charge in [-0.15, -0.1) is 11.6 Å². The van der Waals surface area contributed by atoms with Gasteiger partial charge in [-0.3, -0.25) is 20.0 Å². The van der Waals surface area contributed by atoms with Gasteiger partial charge in [0.05, 0.1) is 23.5 Å². The van der Waals surface area contributed by atoms with Crippen LogP contribution in [0, 0.1) is 5.82 Å². The van der Waals surface area contributed by atoms with Gasteiger partial charge >= 0.3 is 6.03 Å². The molecule has 90 valence electrons. The summed E-state index contributed by atoms with van der Waals surface area (Å²) in [5, 5.41) is 2.15. The molecule has 0 radical (unpaired) electrons. The number of alkyl halides is 1. The third-order valence-electron chi connectivity index (χ3n) is 2.40. The molecule has 17 heavy (non-hydrogen) atoms. The van der Waals surface area contributed by atoms with Crippen LogP contribution in [-0.2, 0) is 10.7 Å². The Morgan fingerprint density at radius 2 is 2.29 bits per heavy atom. The molecule has 0 aromatic carbocycles. The van der Waals surface area contributed by atoms with E-state index in [2.05, 4.69) is 10.3 Å².